The zero-order valence-corrected chi connectivity index (χ0v) is 10.4. The van der Waals surface area contributed by atoms with Gasteiger partial charge in [-0.2, -0.15) is 0 Å². The first-order valence-corrected chi connectivity index (χ1v) is 5.89. The van der Waals surface area contributed by atoms with Crippen molar-refractivity contribution in [1.82, 2.24) is 0 Å². The maximum Gasteiger partial charge on any atom is 0.316 e. The van der Waals surface area contributed by atoms with Crippen LogP contribution in [-0.4, -0.2) is 6.03 Å². The Kier molecular flexibility index (Phi) is 3.87. The highest BCUT2D eigenvalue weighted by atomic mass is 16.2. The highest BCUT2D eigenvalue weighted by Crippen LogP contribution is 2.16. The highest BCUT2D eigenvalue weighted by molar-refractivity contribution is 5.87. The maximum absolute atomic E-state index is 10.7. The second-order valence-corrected chi connectivity index (χ2v) is 4.12. The molecule has 0 unspecified atom stereocenters. The van der Waals surface area contributed by atoms with Crippen LogP contribution in [0, 0.1) is 0 Å². The maximum atomic E-state index is 10.7. The molecule has 0 radical (unpaired) electrons. The van der Waals surface area contributed by atoms with Gasteiger partial charge in [0, 0.05) is 23.6 Å². The molecule has 0 aromatic heterocycles. The molecule has 2 rings (SSSR count). The van der Waals surface area contributed by atoms with Gasteiger partial charge in [-0.25, -0.2) is 4.79 Å². The van der Waals surface area contributed by atoms with Crippen molar-refractivity contribution in [1.29, 1.82) is 0 Å². The van der Waals surface area contributed by atoms with E-state index in [1.165, 1.54) is 0 Å². The Morgan fingerprint density at radius 2 is 1.63 bits per heavy atom. The average Bonchev–Trinajstić information content (AvgIpc) is 2.39. The number of rotatable bonds is 4. The Hall–Kier alpha value is -2.69. The molecular formula is C14H16N4O. The molecule has 0 heterocycles. The van der Waals surface area contributed by atoms with E-state index < -0.39 is 6.03 Å². The summed E-state index contributed by atoms with van der Waals surface area (Å²) >= 11 is 0. The Balaban J connectivity index is 1.97. The zero-order valence-electron chi connectivity index (χ0n) is 10.4. The van der Waals surface area contributed by atoms with Crippen molar-refractivity contribution in [2.24, 2.45) is 5.73 Å². The van der Waals surface area contributed by atoms with Gasteiger partial charge in [0.2, 0.25) is 0 Å². The van der Waals surface area contributed by atoms with Gasteiger partial charge in [-0.3, -0.25) is 0 Å². The Labute approximate surface area is 111 Å². The lowest BCUT2D eigenvalue weighted by molar-refractivity contribution is 0.259. The fourth-order valence-corrected chi connectivity index (χ4v) is 1.71. The van der Waals surface area contributed by atoms with Crippen molar-refractivity contribution in [3.63, 3.8) is 0 Å². The van der Waals surface area contributed by atoms with E-state index in [4.69, 9.17) is 11.5 Å². The molecule has 5 nitrogen and oxygen atoms in total. The van der Waals surface area contributed by atoms with Crippen LogP contribution in [-0.2, 0) is 6.54 Å². The number of primary amides is 1. The molecule has 0 aliphatic heterocycles. The topological polar surface area (TPSA) is 93.2 Å². The number of hydrogen-bond donors (Lipinski definition) is 4. The van der Waals surface area contributed by atoms with Gasteiger partial charge in [0.15, 0.2) is 0 Å². The molecule has 6 N–H and O–H groups in total. The van der Waals surface area contributed by atoms with E-state index in [1.807, 2.05) is 36.4 Å². The minimum absolute atomic E-state index is 0.572. The van der Waals surface area contributed by atoms with Gasteiger partial charge in [0.1, 0.15) is 0 Å². The molecule has 0 aliphatic carbocycles. The highest BCUT2D eigenvalue weighted by Gasteiger charge is 1.99. The molecule has 98 valence electrons. The van der Waals surface area contributed by atoms with E-state index in [9.17, 15) is 4.79 Å². The number of benzene rings is 2. The van der Waals surface area contributed by atoms with Crippen LogP contribution in [0.15, 0.2) is 48.5 Å². The second kappa shape index (κ2) is 5.77. The Morgan fingerprint density at radius 1 is 1.00 bits per heavy atom. The smallest absolute Gasteiger partial charge is 0.316 e. The van der Waals surface area contributed by atoms with E-state index in [0.717, 1.165) is 16.9 Å². The standard InChI is InChI=1S/C14H16N4O/c15-13-4-2-1-3-10(13)9-17-11-5-7-12(8-6-11)18-14(16)19/h1-8,17H,9,15H2,(H3,16,18,19). The summed E-state index contributed by atoms with van der Waals surface area (Å²) in [6.45, 7) is 0.648. The number of amides is 2. The first kappa shape index (κ1) is 12.8. The lowest BCUT2D eigenvalue weighted by Gasteiger charge is -2.09. The van der Waals surface area contributed by atoms with Gasteiger partial charge in [-0.1, -0.05) is 18.2 Å². The Bertz CT molecular complexity index is 566. The van der Waals surface area contributed by atoms with Gasteiger partial charge in [0.25, 0.3) is 0 Å². The molecule has 2 amide bonds. The second-order valence-electron chi connectivity index (χ2n) is 4.12. The molecule has 19 heavy (non-hydrogen) atoms. The number of nitrogens with one attached hydrogen (secondary N) is 2. The summed E-state index contributed by atoms with van der Waals surface area (Å²) in [6, 6.07) is 14.4. The monoisotopic (exact) mass is 256 g/mol. The summed E-state index contributed by atoms with van der Waals surface area (Å²) in [5, 5.41) is 5.76. The average molecular weight is 256 g/mol. The fraction of sp³-hybridized carbons (Fsp3) is 0.0714. The molecule has 2 aromatic carbocycles. The van der Waals surface area contributed by atoms with Gasteiger partial charge >= 0.3 is 6.03 Å². The van der Waals surface area contributed by atoms with Crippen LogP contribution in [0.2, 0.25) is 0 Å². The van der Waals surface area contributed by atoms with E-state index in [0.29, 0.717) is 12.2 Å². The van der Waals surface area contributed by atoms with Crippen molar-refractivity contribution in [2.45, 2.75) is 6.54 Å². The first-order chi connectivity index (χ1) is 9.15. The minimum Gasteiger partial charge on any atom is -0.398 e. The third kappa shape index (κ3) is 3.64. The van der Waals surface area contributed by atoms with E-state index in [2.05, 4.69) is 10.6 Å². The number of hydrogen-bond acceptors (Lipinski definition) is 3. The van der Waals surface area contributed by atoms with Crippen molar-refractivity contribution in [3.05, 3.63) is 54.1 Å². The first-order valence-electron chi connectivity index (χ1n) is 5.89. The lowest BCUT2D eigenvalue weighted by Crippen LogP contribution is -2.19. The summed E-state index contributed by atoms with van der Waals surface area (Å²) in [6.07, 6.45) is 0. The molecule has 0 saturated carbocycles. The summed E-state index contributed by atoms with van der Waals surface area (Å²) < 4.78 is 0. The third-order valence-corrected chi connectivity index (χ3v) is 2.69. The van der Waals surface area contributed by atoms with Crippen LogP contribution < -0.4 is 22.1 Å². The molecule has 5 heteroatoms. The predicted octanol–water partition coefficient (Wildman–Crippen LogP) is 2.37. The fourth-order valence-electron chi connectivity index (χ4n) is 1.71. The van der Waals surface area contributed by atoms with Crippen LogP contribution in [0.3, 0.4) is 0 Å². The van der Waals surface area contributed by atoms with E-state index in [1.54, 1.807) is 12.1 Å². The number of nitrogen functional groups attached to an aromatic ring is 1. The number of carbonyl (C=O) groups is 1. The molecule has 0 aliphatic rings. The van der Waals surface area contributed by atoms with Gasteiger partial charge in [0.05, 0.1) is 0 Å². The number of anilines is 3. The van der Waals surface area contributed by atoms with Gasteiger partial charge in [-0.05, 0) is 35.9 Å². The molecular weight excluding hydrogens is 240 g/mol. The van der Waals surface area contributed by atoms with Gasteiger partial charge in [-0.15, -0.1) is 0 Å². The van der Waals surface area contributed by atoms with Crippen molar-refractivity contribution >= 4 is 23.1 Å². The molecule has 0 saturated heterocycles. The summed E-state index contributed by atoms with van der Waals surface area (Å²) in [7, 11) is 0. The summed E-state index contributed by atoms with van der Waals surface area (Å²) in [4.78, 5) is 10.7. The van der Waals surface area contributed by atoms with Crippen molar-refractivity contribution in [2.75, 3.05) is 16.4 Å². The Morgan fingerprint density at radius 3 is 2.26 bits per heavy atom. The molecule has 0 bridgehead atoms. The van der Waals surface area contributed by atoms with Crippen LogP contribution in [0.25, 0.3) is 0 Å². The van der Waals surface area contributed by atoms with Crippen molar-refractivity contribution < 1.29 is 4.79 Å². The predicted molar refractivity (Wildman–Crippen MR) is 77.8 cm³/mol. The third-order valence-electron chi connectivity index (χ3n) is 2.69. The minimum atomic E-state index is -0.572. The quantitative estimate of drug-likeness (QED) is 0.633. The normalized spacial score (nSPS) is 9.89. The number of urea groups is 1. The molecule has 0 atom stereocenters. The summed E-state index contributed by atoms with van der Waals surface area (Å²) in [5.41, 5.74) is 14.3. The van der Waals surface area contributed by atoms with Crippen LogP contribution >= 0.6 is 0 Å². The van der Waals surface area contributed by atoms with Crippen LogP contribution in [0.1, 0.15) is 5.56 Å². The molecule has 0 spiro atoms. The molecule has 0 fully saturated rings. The zero-order chi connectivity index (χ0) is 13.7. The number of carbonyl (C=O) groups excluding carboxylic acids is 1. The number of para-hydroxylation sites is 1. The van der Waals surface area contributed by atoms with Gasteiger partial charge < -0.3 is 22.1 Å². The molecule has 2 aromatic rings. The SMILES string of the molecule is NC(=O)Nc1ccc(NCc2ccccc2N)cc1. The van der Waals surface area contributed by atoms with Crippen LogP contribution in [0.5, 0.6) is 0 Å². The van der Waals surface area contributed by atoms with E-state index >= 15 is 0 Å². The largest absolute Gasteiger partial charge is 0.398 e. The number of nitrogens with two attached hydrogens (primary N) is 2. The van der Waals surface area contributed by atoms with Crippen molar-refractivity contribution in [3.8, 4) is 0 Å². The van der Waals surface area contributed by atoms with Crippen LogP contribution in [0.4, 0.5) is 21.9 Å². The summed E-state index contributed by atoms with van der Waals surface area (Å²) in [5.74, 6) is 0. The lowest BCUT2D eigenvalue weighted by atomic mass is 10.2. The van der Waals surface area contributed by atoms with E-state index in [-0.39, 0.29) is 0 Å².